The topological polar surface area (TPSA) is 128 Å². The summed E-state index contributed by atoms with van der Waals surface area (Å²) in [5.74, 6) is -4.57. The predicted molar refractivity (Wildman–Crippen MR) is 135 cm³/mol. The zero-order valence-electron chi connectivity index (χ0n) is 21.1. The Morgan fingerprint density at radius 2 is 1.89 bits per heavy atom. The summed E-state index contributed by atoms with van der Waals surface area (Å²) in [6.45, 7) is 8.00. The summed E-state index contributed by atoms with van der Waals surface area (Å²) < 4.78 is 13.8. The predicted octanol–water partition coefficient (Wildman–Crippen LogP) is 1.33. The van der Waals surface area contributed by atoms with E-state index in [9.17, 15) is 28.4 Å². The SMILES string of the molecule is CC[C@H](C)[C@H](NC(=O)C(Cl)Cl)C(=O)N1C[C@H]2[C@@H]([C@H]1C(=O)NN(C[C@@H]1CCNC1=O)C(=O)[C@H](F)Cl)C2(C)C. The van der Waals surface area contributed by atoms with Crippen LogP contribution in [0.5, 0.6) is 0 Å². The van der Waals surface area contributed by atoms with Gasteiger partial charge in [0.1, 0.15) is 12.1 Å². The van der Waals surface area contributed by atoms with E-state index >= 15 is 0 Å². The van der Waals surface area contributed by atoms with Crippen molar-refractivity contribution in [2.24, 2.45) is 29.1 Å². The van der Waals surface area contributed by atoms with Crippen LogP contribution in [0, 0.1) is 29.1 Å². The Balaban J connectivity index is 1.85. The first-order valence-electron chi connectivity index (χ1n) is 12.3. The van der Waals surface area contributed by atoms with Crippen molar-refractivity contribution in [3.05, 3.63) is 0 Å². The maximum atomic E-state index is 13.8. The maximum absolute atomic E-state index is 13.8. The van der Waals surface area contributed by atoms with Gasteiger partial charge >= 0.3 is 0 Å². The molecule has 0 aromatic heterocycles. The van der Waals surface area contributed by atoms with Gasteiger partial charge in [-0.1, -0.05) is 68.9 Å². The number of carbonyl (C=O) groups excluding carboxylic acids is 5. The van der Waals surface area contributed by atoms with Gasteiger partial charge in [0.15, 0.2) is 4.84 Å². The quantitative estimate of drug-likeness (QED) is 0.278. The molecule has 3 aliphatic rings. The largest absolute Gasteiger partial charge is 0.356 e. The van der Waals surface area contributed by atoms with Crippen molar-refractivity contribution in [3.63, 3.8) is 0 Å². The number of piperidine rings is 1. The second kappa shape index (κ2) is 11.5. The van der Waals surface area contributed by atoms with Gasteiger partial charge in [0, 0.05) is 13.1 Å². The van der Waals surface area contributed by atoms with Crippen LogP contribution >= 0.6 is 34.8 Å². The van der Waals surface area contributed by atoms with Crippen LogP contribution in [0.4, 0.5) is 4.39 Å². The number of fused-ring (bicyclic) bond motifs is 1. The third-order valence-corrected chi connectivity index (χ3v) is 8.58. The molecule has 0 bridgehead atoms. The van der Waals surface area contributed by atoms with Crippen LogP contribution in [-0.2, 0) is 24.0 Å². The molecule has 2 heterocycles. The molecule has 2 aliphatic heterocycles. The zero-order chi connectivity index (χ0) is 27.8. The second-order valence-electron chi connectivity index (χ2n) is 10.6. The van der Waals surface area contributed by atoms with E-state index in [1.54, 1.807) is 6.92 Å². The standard InChI is InChI=1S/C23H33Cl3FN5O5/c1-5-10(2)14(29-20(35)16(24)25)21(36)31-9-12-13(23(12,3)4)15(31)19(34)30-32(22(37)17(26)27)8-11-6-7-28-18(11)33/h10-17H,5-9H2,1-4H3,(H,28,33)(H,29,35)(H,30,34)/t10-,11-,12-,13-,14-,15-,17-/m0/s1. The third-order valence-electron chi connectivity index (χ3n) is 8.00. The maximum Gasteiger partial charge on any atom is 0.291 e. The summed E-state index contributed by atoms with van der Waals surface area (Å²) in [5, 5.41) is 5.93. The van der Waals surface area contributed by atoms with Crippen LogP contribution in [-0.4, -0.2) is 81.6 Å². The third kappa shape index (κ3) is 6.09. The molecule has 3 N–H and O–H groups in total. The number of nitrogens with one attached hydrogen (secondary N) is 3. The fourth-order valence-corrected chi connectivity index (χ4v) is 5.68. The number of nitrogens with zero attached hydrogens (tertiary/aromatic N) is 2. The van der Waals surface area contributed by atoms with Gasteiger partial charge in [0.05, 0.1) is 12.5 Å². The molecule has 2 saturated heterocycles. The van der Waals surface area contributed by atoms with Gasteiger partial charge in [0.25, 0.3) is 23.4 Å². The van der Waals surface area contributed by atoms with E-state index in [-0.39, 0.29) is 42.2 Å². The van der Waals surface area contributed by atoms with E-state index in [4.69, 9.17) is 34.8 Å². The number of halogens is 4. The average molecular weight is 585 g/mol. The Morgan fingerprint density at radius 3 is 2.41 bits per heavy atom. The van der Waals surface area contributed by atoms with Crippen LogP contribution in [0.3, 0.4) is 0 Å². The Kier molecular flexibility index (Phi) is 9.22. The summed E-state index contributed by atoms with van der Waals surface area (Å²) in [6.07, 6.45) is 0.955. The number of hydrogen-bond acceptors (Lipinski definition) is 5. The minimum absolute atomic E-state index is 0.0148. The van der Waals surface area contributed by atoms with E-state index in [1.165, 1.54) is 4.90 Å². The summed E-state index contributed by atoms with van der Waals surface area (Å²) in [6, 6.07) is -1.97. The van der Waals surface area contributed by atoms with Crippen LogP contribution in [0.1, 0.15) is 40.5 Å². The Labute approximate surface area is 230 Å². The summed E-state index contributed by atoms with van der Waals surface area (Å²) in [4.78, 5) is 64.0. The number of hydrazine groups is 1. The van der Waals surface area contributed by atoms with Crippen LogP contribution in [0.15, 0.2) is 0 Å². The molecule has 0 aromatic rings. The van der Waals surface area contributed by atoms with Gasteiger partial charge in [-0.3, -0.25) is 29.4 Å². The molecule has 208 valence electrons. The molecule has 0 aromatic carbocycles. The monoisotopic (exact) mass is 583 g/mol. The van der Waals surface area contributed by atoms with Crippen molar-refractivity contribution in [1.82, 2.24) is 26.0 Å². The highest BCUT2D eigenvalue weighted by atomic mass is 35.5. The molecule has 0 spiro atoms. The molecule has 3 fully saturated rings. The van der Waals surface area contributed by atoms with Crippen molar-refractivity contribution < 1.29 is 28.4 Å². The molecule has 1 aliphatic carbocycles. The molecule has 10 nitrogen and oxygen atoms in total. The highest BCUT2D eigenvalue weighted by Crippen LogP contribution is 2.65. The van der Waals surface area contributed by atoms with E-state index in [0.29, 0.717) is 19.4 Å². The van der Waals surface area contributed by atoms with E-state index in [2.05, 4.69) is 16.1 Å². The average Bonchev–Trinajstić information content (AvgIpc) is 3.19. The zero-order valence-corrected chi connectivity index (χ0v) is 23.4. The molecular formula is C23H33Cl3FN5O5. The van der Waals surface area contributed by atoms with Gasteiger partial charge in [-0.25, -0.2) is 9.40 Å². The van der Waals surface area contributed by atoms with Gasteiger partial charge in [-0.05, 0) is 29.6 Å². The van der Waals surface area contributed by atoms with Gasteiger partial charge in [0.2, 0.25) is 11.8 Å². The lowest BCUT2D eigenvalue weighted by Crippen LogP contribution is -2.60. The van der Waals surface area contributed by atoms with Crippen molar-refractivity contribution in [2.75, 3.05) is 19.6 Å². The van der Waals surface area contributed by atoms with Crippen LogP contribution in [0.2, 0.25) is 0 Å². The van der Waals surface area contributed by atoms with Gasteiger partial charge < -0.3 is 15.5 Å². The molecule has 0 radical (unpaired) electrons. The molecule has 14 heteroatoms. The normalized spacial score (nSPS) is 28.1. The summed E-state index contributed by atoms with van der Waals surface area (Å²) in [5.41, 5.74) is -0.254. The van der Waals surface area contributed by atoms with Crippen LogP contribution in [0.25, 0.3) is 0 Å². The highest BCUT2D eigenvalue weighted by Gasteiger charge is 2.69. The highest BCUT2D eigenvalue weighted by molar-refractivity contribution is 6.53. The fraction of sp³-hybridized carbons (Fsp3) is 0.783. The van der Waals surface area contributed by atoms with E-state index < -0.39 is 52.1 Å². The number of alkyl halides is 4. The molecule has 7 atom stereocenters. The minimum Gasteiger partial charge on any atom is -0.356 e. The first-order chi connectivity index (χ1) is 17.2. The van der Waals surface area contributed by atoms with Gasteiger partial charge in [-0.15, -0.1) is 0 Å². The second-order valence-corrected chi connectivity index (χ2v) is 12.0. The molecule has 3 rings (SSSR count). The molecular weight excluding hydrogens is 552 g/mol. The first kappa shape index (κ1) is 29.7. The molecule has 37 heavy (non-hydrogen) atoms. The van der Waals surface area contributed by atoms with Crippen LogP contribution < -0.4 is 16.1 Å². The summed E-state index contributed by atoms with van der Waals surface area (Å²) >= 11 is 16.7. The van der Waals surface area contributed by atoms with Crippen molar-refractivity contribution in [2.45, 2.75) is 63.1 Å². The Morgan fingerprint density at radius 1 is 1.24 bits per heavy atom. The lowest BCUT2D eigenvalue weighted by atomic mass is 9.95. The lowest BCUT2D eigenvalue weighted by molar-refractivity contribution is -0.150. The fourth-order valence-electron chi connectivity index (χ4n) is 5.44. The molecule has 5 amide bonds. The molecule has 1 saturated carbocycles. The smallest absolute Gasteiger partial charge is 0.291 e. The van der Waals surface area contributed by atoms with Gasteiger partial charge in [-0.2, -0.15) is 0 Å². The van der Waals surface area contributed by atoms with E-state index in [0.717, 1.165) is 5.01 Å². The number of likely N-dealkylation sites (tertiary alicyclic amines) is 1. The summed E-state index contributed by atoms with van der Waals surface area (Å²) in [7, 11) is 0. The first-order valence-corrected chi connectivity index (χ1v) is 13.6. The van der Waals surface area contributed by atoms with Crippen molar-refractivity contribution >= 4 is 64.3 Å². The Bertz CT molecular complexity index is 952. The van der Waals surface area contributed by atoms with E-state index in [1.807, 2.05) is 20.8 Å². The van der Waals surface area contributed by atoms with Crippen molar-refractivity contribution in [3.8, 4) is 0 Å². The number of hydrogen-bond donors (Lipinski definition) is 3. The van der Waals surface area contributed by atoms with Crippen molar-refractivity contribution in [1.29, 1.82) is 0 Å². The Hall–Kier alpha value is -1.85. The number of carbonyl (C=O) groups is 5. The molecule has 0 unspecified atom stereocenters. The lowest BCUT2D eigenvalue weighted by Gasteiger charge is -2.36. The number of rotatable bonds is 9. The minimum atomic E-state index is -2.43. The number of amides is 5.